The zero-order valence-corrected chi connectivity index (χ0v) is 16.3. The van der Waals surface area contributed by atoms with E-state index in [2.05, 4.69) is 14.9 Å². The molecule has 3 rings (SSSR count). The summed E-state index contributed by atoms with van der Waals surface area (Å²) in [4.78, 5) is -0.549. The molecule has 3 aromatic rings. The molecule has 154 valence electrons. The Hall–Kier alpha value is -2.92. The third-order valence-corrected chi connectivity index (χ3v) is 5.47. The van der Waals surface area contributed by atoms with Gasteiger partial charge in [-0.2, -0.15) is 0 Å². The van der Waals surface area contributed by atoms with E-state index in [-0.39, 0.29) is 11.8 Å². The standard InChI is InChI=1S/C18H17F3N4O3S/c1-3-25-17(22-23-18(25)28-15-6-4-12(19)5-7-15)11(2)24-29(26,27)16-9-13(20)8-14(21)10-16/h4-11,24H,3H2,1-2H3/t11-/m1/s1. The van der Waals surface area contributed by atoms with Crippen molar-refractivity contribution in [1.29, 1.82) is 0 Å². The van der Waals surface area contributed by atoms with Gasteiger partial charge in [-0.15, -0.1) is 5.10 Å². The molecular weight excluding hydrogens is 409 g/mol. The van der Waals surface area contributed by atoms with Gasteiger partial charge in [-0.3, -0.25) is 4.57 Å². The second-order valence-electron chi connectivity index (χ2n) is 6.09. The number of hydrogen-bond acceptors (Lipinski definition) is 5. The highest BCUT2D eigenvalue weighted by molar-refractivity contribution is 7.89. The summed E-state index contributed by atoms with van der Waals surface area (Å²) in [5.41, 5.74) is 0. The molecule has 1 heterocycles. The maximum absolute atomic E-state index is 13.4. The molecule has 0 saturated heterocycles. The molecule has 29 heavy (non-hydrogen) atoms. The van der Waals surface area contributed by atoms with E-state index in [4.69, 9.17) is 4.74 Å². The molecule has 11 heteroatoms. The summed E-state index contributed by atoms with van der Waals surface area (Å²) in [7, 11) is -4.23. The van der Waals surface area contributed by atoms with Gasteiger partial charge in [-0.1, -0.05) is 5.10 Å². The summed E-state index contributed by atoms with van der Waals surface area (Å²) >= 11 is 0. The zero-order chi connectivity index (χ0) is 21.2. The molecule has 0 saturated carbocycles. The Morgan fingerprint density at radius 2 is 1.66 bits per heavy atom. The summed E-state index contributed by atoms with van der Waals surface area (Å²) in [6.45, 7) is 3.62. The SMILES string of the molecule is CCn1c(Oc2ccc(F)cc2)nnc1[C@@H](C)NS(=O)(=O)c1cc(F)cc(F)c1. The van der Waals surface area contributed by atoms with E-state index in [9.17, 15) is 21.6 Å². The van der Waals surface area contributed by atoms with Gasteiger partial charge >= 0.3 is 6.01 Å². The number of halogens is 3. The van der Waals surface area contributed by atoms with Gasteiger partial charge in [0.1, 0.15) is 23.2 Å². The van der Waals surface area contributed by atoms with Crippen LogP contribution in [0, 0.1) is 17.5 Å². The highest BCUT2D eigenvalue weighted by Gasteiger charge is 2.25. The van der Waals surface area contributed by atoms with Gasteiger partial charge in [0.25, 0.3) is 0 Å². The Morgan fingerprint density at radius 3 is 2.24 bits per heavy atom. The number of sulfonamides is 1. The number of nitrogens with one attached hydrogen (secondary N) is 1. The summed E-state index contributed by atoms with van der Waals surface area (Å²) in [6, 6.07) is 6.46. The van der Waals surface area contributed by atoms with Gasteiger partial charge in [0.2, 0.25) is 10.0 Å². The fraction of sp³-hybridized carbons (Fsp3) is 0.222. The maximum Gasteiger partial charge on any atom is 0.322 e. The molecule has 2 aromatic carbocycles. The highest BCUT2D eigenvalue weighted by atomic mass is 32.2. The van der Waals surface area contributed by atoms with E-state index in [1.165, 1.54) is 35.8 Å². The normalized spacial score (nSPS) is 12.7. The van der Waals surface area contributed by atoms with Crippen molar-refractivity contribution in [2.75, 3.05) is 0 Å². The Balaban J connectivity index is 1.84. The Kier molecular flexibility index (Phi) is 5.89. The first-order valence-electron chi connectivity index (χ1n) is 8.54. The largest absolute Gasteiger partial charge is 0.424 e. The summed E-state index contributed by atoms with van der Waals surface area (Å²) in [5, 5.41) is 7.85. The van der Waals surface area contributed by atoms with E-state index in [0.717, 1.165) is 0 Å². The number of rotatable bonds is 7. The second-order valence-corrected chi connectivity index (χ2v) is 7.80. The number of ether oxygens (including phenoxy) is 1. The van der Waals surface area contributed by atoms with Crippen LogP contribution in [-0.4, -0.2) is 23.2 Å². The van der Waals surface area contributed by atoms with Crippen LogP contribution in [0.4, 0.5) is 13.2 Å². The Morgan fingerprint density at radius 1 is 1.03 bits per heavy atom. The summed E-state index contributed by atoms with van der Waals surface area (Å²) < 4.78 is 74.1. The minimum absolute atomic E-state index is 0.0805. The monoisotopic (exact) mass is 426 g/mol. The van der Waals surface area contributed by atoms with Crippen LogP contribution in [0.2, 0.25) is 0 Å². The average Bonchev–Trinajstić information content (AvgIpc) is 3.05. The molecule has 0 spiro atoms. The van der Waals surface area contributed by atoms with Crippen LogP contribution >= 0.6 is 0 Å². The van der Waals surface area contributed by atoms with Crippen LogP contribution in [0.5, 0.6) is 11.8 Å². The molecule has 1 N–H and O–H groups in total. The van der Waals surface area contributed by atoms with Crippen molar-refractivity contribution >= 4 is 10.0 Å². The molecule has 0 bridgehead atoms. The van der Waals surface area contributed by atoms with Crippen molar-refractivity contribution in [3.8, 4) is 11.8 Å². The lowest BCUT2D eigenvalue weighted by molar-refractivity contribution is 0.407. The van der Waals surface area contributed by atoms with Crippen LogP contribution in [0.3, 0.4) is 0 Å². The van der Waals surface area contributed by atoms with E-state index >= 15 is 0 Å². The minimum atomic E-state index is -4.23. The zero-order valence-electron chi connectivity index (χ0n) is 15.4. The van der Waals surface area contributed by atoms with Crippen molar-refractivity contribution in [1.82, 2.24) is 19.5 Å². The lowest BCUT2D eigenvalue weighted by Crippen LogP contribution is -2.29. The number of nitrogens with zero attached hydrogens (tertiary/aromatic N) is 3. The number of hydrogen-bond donors (Lipinski definition) is 1. The van der Waals surface area contributed by atoms with E-state index in [1.54, 1.807) is 6.92 Å². The minimum Gasteiger partial charge on any atom is -0.424 e. The van der Waals surface area contributed by atoms with Gasteiger partial charge in [0.15, 0.2) is 5.82 Å². The van der Waals surface area contributed by atoms with Gasteiger partial charge in [0, 0.05) is 12.6 Å². The third-order valence-electron chi connectivity index (χ3n) is 3.95. The first-order valence-corrected chi connectivity index (χ1v) is 10.0. The van der Waals surface area contributed by atoms with Crippen molar-refractivity contribution in [2.24, 2.45) is 0 Å². The molecule has 0 aliphatic heterocycles. The fourth-order valence-corrected chi connectivity index (χ4v) is 3.88. The molecule has 0 aliphatic rings. The van der Waals surface area contributed by atoms with Crippen LogP contribution in [0.15, 0.2) is 47.4 Å². The van der Waals surface area contributed by atoms with Crippen LogP contribution in [-0.2, 0) is 16.6 Å². The van der Waals surface area contributed by atoms with Gasteiger partial charge in [-0.05, 0) is 50.2 Å². The molecule has 0 unspecified atom stereocenters. The predicted molar refractivity (Wildman–Crippen MR) is 97.3 cm³/mol. The summed E-state index contributed by atoms with van der Waals surface area (Å²) in [5.74, 6) is -1.89. The quantitative estimate of drug-likeness (QED) is 0.625. The topological polar surface area (TPSA) is 86.1 Å². The summed E-state index contributed by atoms with van der Waals surface area (Å²) in [6.07, 6.45) is 0. The maximum atomic E-state index is 13.4. The van der Waals surface area contributed by atoms with E-state index < -0.39 is 38.4 Å². The van der Waals surface area contributed by atoms with Crippen LogP contribution < -0.4 is 9.46 Å². The van der Waals surface area contributed by atoms with Crippen molar-refractivity contribution in [2.45, 2.75) is 31.3 Å². The molecule has 0 radical (unpaired) electrons. The van der Waals surface area contributed by atoms with E-state index in [1.807, 2.05) is 0 Å². The lowest BCUT2D eigenvalue weighted by Gasteiger charge is -2.15. The smallest absolute Gasteiger partial charge is 0.322 e. The molecule has 0 fully saturated rings. The van der Waals surface area contributed by atoms with Crippen LogP contribution in [0.1, 0.15) is 25.7 Å². The van der Waals surface area contributed by atoms with Gasteiger partial charge in [0.05, 0.1) is 10.9 Å². The molecule has 1 atom stereocenters. The second kappa shape index (κ2) is 8.21. The average molecular weight is 426 g/mol. The Bertz CT molecular complexity index is 1100. The lowest BCUT2D eigenvalue weighted by atomic mass is 10.3. The first-order chi connectivity index (χ1) is 13.7. The van der Waals surface area contributed by atoms with Crippen LogP contribution in [0.25, 0.3) is 0 Å². The Labute approximate surface area is 165 Å². The predicted octanol–water partition coefficient (Wildman–Crippen LogP) is 3.55. The number of aromatic nitrogens is 3. The van der Waals surface area contributed by atoms with Gasteiger partial charge in [-0.25, -0.2) is 26.3 Å². The third kappa shape index (κ3) is 4.74. The highest BCUT2D eigenvalue weighted by Crippen LogP contribution is 2.24. The molecule has 0 amide bonds. The molecule has 1 aromatic heterocycles. The van der Waals surface area contributed by atoms with Crippen molar-refractivity contribution < 1.29 is 26.3 Å². The number of benzene rings is 2. The molecular formula is C18H17F3N4O3S. The van der Waals surface area contributed by atoms with E-state index in [0.29, 0.717) is 30.5 Å². The molecule has 7 nitrogen and oxygen atoms in total. The first kappa shape index (κ1) is 20.8. The molecule has 0 aliphatic carbocycles. The van der Waals surface area contributed by atoms with Crippen molar-refractivity contribution in [3.05, 3.63) is 65.7 Å². The van der Waals surface area contributed by atoms with Crippen molar-refractivity contribution in [3.63, 3.8) is 0 Å². The van der Waals surface area contributed by atoms with Gasteiger partial charge < -0.3 is 4.74 Å². The fourth-order valence-electron chi connectivity index (χ4n) is 2.64.